The van der Waals surface area contributed by atoms with Crippen LogP contribution in [0.5, 0.6) is 0 Å². The van der Waals surface area contributed by atoms with Gasteiger partial charge in [-0.1, -0.05) is 119 Å². The fourth-order valence-electron chi connectivity index (χ4n) is 8.93. The molecule has 1 aliphatic carbocycles. The van der Waals surface area contributed by atoms with Crippen molar-refractivity contribution in [2.45, 2.75) is 83.3 Å². The number of hydrogen-bond donors (Lipinski definition) is 2. The third-order valence-electron chi connectivity index (χ3n) is 11.5. The number of nitrogens with zero attached hydrogens (tertiary/aromatic N) is 2. The number of hydrogen-bond acceptors (Lipinski definition) is 6. The largest absolute Gasteiger partial charge is 0.397 e. The van der Waals surface area contributed by atoms with Gasteiger partial charge in [-0.25, -0.2) is 4.18 Å². The minimum Gasteiger partial charge on any atom is -0.366 e. The molecule has 2 heterocycles. The summed E-state index contributed by atoms with van der Waals surface area (Å²) < 4.78 is 36.3. The van der Waals surface area contributed by atoms with Crippen LogP contribution in [0.3, 0.4) is 0 Å². The molecule has 0 saturated heterocycles. The molecule has 0 bridgehead atoms. The van der Waals surface area contributed by atoms with Crippen molar-refractivity contribution in [1.82, 2.24) is 0 Å². The summed E-state index contributed by atoms with van der Waals surface area (Å²) in [5, 5.41) is 18.2. The quantitative estimate of drug-likeness (QED) is 0.123. The van der Waals surface area contributed by atoms with Gasteiger partial charge in [0.15, 0.2) is 5.72 Å². The van der Waals surface area contributed by atoms with Crippen molar-refractivity contribution in [3.05, 3.63) is 130 Å². The molecule has 9 heteroatoms. The standard InChI is InChI=1S/C44H49ClN2O5S/c1-6-27-46-36-22-19-30-13-7-9-17-34(30)39(36)42(2,3)38(46)24-21-32-15-11-16-33(41(32)45)25-26-44(48)43(4,5)40-35-18-10-8-14-31(35)20-23-37(40)47(44)28-12-29-52-53(49,50)51/h7-10,13-14,17-26,48H,6,11-12,15-16,27-29H2,1-5H3,(H,49,50,51)/b26-25+,32-21+,38-24+. The van der Waals surface area contributed by atoms with E-state index in [0.717, 1.165) is 65.4 Å². The first-order chi connectivity index (χ1) is 25.2. The van der Waals surface area contributed by atoms with E-state index >= 15 is 0 Å². The topological polar surface area (TPSA) is 90.3 Å². The summed E-state index contributed by atoms with van der Waals surface area (Å²) in [6, 6.07) is 25.3. The predicted molar refractivity (Wildman–Crippen MR) is 218 cm³/mol. The van der Waals surface area contributed by atoms with Gasteiger partial charge in [-0.15, -0.1) is 0 Å². The van der Waals surface area contributed by atoms with Gasteiger partial charge in [0.2, 0.25) is 0 Å². The van der Waals surface area contributed by atoms with Crippen LogP contribution in [0, 0.1) is 0 Å². The van der Waals surface area contributed by atoms with Gasteiger partial charge in [-0.3, -0.25) is 4.55 Å². The Morgan fingerprint density at radius 3 is 2.15 bits per heavy atom. The molecule has 7 rings (SSSR count). The van der Waals surface area contributed by atoms with Crippen LogP contribution < -0.4 is 9.80 Å². The fraction of sp³-hybridized carbons (Fsp3) is 0.364. The summed E-state index contributed by atoms with van der Waals surface area (Å²) in [4.78, 5) is 4.39. The van der Waals surface area contributed by atoms with Crippen molar-refractivity contribution in [2.75, 3.05) is 29.5 Å². The lowest BCUT2D eigenvalue weighted by Gasteiger charge is -2.41. The first kappa shape index (κ1) is 37.4. The number of halogens is 1. The van der Waals surface area contributed by atoms with E-state index in [0.29, 0.717) is 11.6 Å². The second kappa shape index (κ2) is 14.1. The lowest BCUT2D eigenvalue weighted by Crippen LogP contribution is -2.55. The monoisotopic (exact) mass is 752 g/mol. The molecule has 4 aromatic rings. The molecule has 1 atom stereocenters. The third-order valence-corrected chi connectivity index (χ3v) is 12.5. The number of aliphatic hydroxyl groups is 1. The molecule has 53 heavy (non-hydrogen) atoms. The molecule has 0 fully saturated rings. The minimum atomic E-state index is -4.57. The zero-order valence-corrected chi connectivity index (χ0v) is 32.8. The summed E-state index contributed by atoms with van der Waals surface area (Å²) in [6.45, 7) is 11.9. The predicted octanol–water partition coefficient (Wildman–Crippen LogP) is 10.2. The smallest absolute Gasteiger partial charge is 0.366 e. The summed E-state index contributed by atoms with van der Waals surface area (Å²) in [6.07, 6.45) is 12.1. The highest BCUT2D eigenvalue weighted by molar-refractivity contribution is 7.80. The molecule has 0 amide bonds. The van der Waals surface area contributed by atoms with Crippen LogP contribution >= 0.6 is 11.6 Å². The second-order valence-electron chi connectivity index (χ2n) is 15.5. The van der Waals surface area contributed by atoms with Crippen LogP contribution in [0.15, 0.2) is 119 Å². The Bertz CT molecular complexity index is 2320. The molecule has 278 valence electrons. The molecular formula is C44H49ClN2O5S. The van der Waals surface area contributed by atoms with E-state index in [4.69, 9.17) is 16.2 Å². The number of rotatable bonds is 10. The van der Waals surface area contributed by atoms with Crippen molar-refractivity contribution in [2.24, 2.45) is 0 Å². The van der Waals surface area contributed by atoms with Crippen LogP contribution in [0.2, 0.25) is 0 Å². The molecule has 3 aliphatic rings. The van der Waals surface area contributed by atoms with Crippen LogP contribution in [0.25, 0.3) is 21.5 Å². The van der Waals surface area contributed by atoms with Gasteiger partial charge in [0.05, 0.1) is 6.61 Å². The first-order valence-electron chi connectivity index (χ1n) is 18.6. The molecular weight excluding hydrogens is 704 g/mol. The SMILES string of the molecule is CCCN1/C(=C/C=C2\CCCC(/C=C/C3(O)N(CCCOS(=O)(=O)O)c4ccc5ccccc5c4C3(C)C)=C2Cl)C(C)(C)c2c1ccc1ccccc21. The maximum Gasteiger partial charge on any atom is 0.397 e. The van der Waals surface area contributed by atoms with E-state index < -0.39 is 21.5 Å². The highest BCUT2D eigenvalue weighted by atomic mass is 35.5. The van der Waals surface area contributed by atoms with E-state index in [1.807, 2.05) is 55.2 Å². The van der Waals surface area contributed by atoms with Crippen LogP contribution in [-0.4, -0.2) is 43.5 Å². The second-order valence-corrected chi connectivity index (χ2v) is 17.0. The zero-order chi connectivity index (χ0) is 37.8. The Balaban J connectivity index is 1.25. The zero-order valence-electron chi connectivity index (χ0n) is 31.2. The van der Waals surface area contributed by atoms with Crippen LogP contribution in [0.4, 0.5) is 11.4 Å². The van der Waals surface area contributed by atoms with Crippen molar-refractivity contribution in [3.63, 3.8) is 0 Å². The average Bonchev–Trinajstić information content (AvgIpc) is 3.44. The van der Waals surface area contributed by atoms with Gasteiger partial charge in [0.25, 0.3) is 0 Å². The molecule has 0 radical (unpaired) electrons. The van der Waals surface area contributed by atoms with E-state index in [2.05, 4.69) is 90.5 Å². The molecule has 0 spiro atoms. The fourth-order valence-corrected chi connectivity index (χ4v) is 9.57. The van der Waals surface area contributed by atoms with Crippen LogP contribution in [-0.2, 0) is 25.4 Å². The Morgan fingerprint density at radius 2 is 1.49 bits per heavy atom. The number of benzene rings is 4. The van der Waals surface area contributed by atoms with Crippen molar-refractivity contribution < 1.29 is 22.3 Å². The lowest BCUT2D eigenvalue weighted by molar-refractivity contribution is 0.0292. The Morgan fingerprint density at radius 1 is 0.849 bits per heavy atom. The van der Waals surface area contributed by atoms with Crippen molar-refractivity contribution in [1.29, 1.82) is 0 Å². The maximum absolute atomic E-state index is 12.8. The number of fused-ring (bicyclic) bond motifs is 6. The Kier molecular flexibility index (Phi) is 9.92. The third kappa shape index (κ3) is 6.53. The van der Waals surface area contributed by atoms with Gasteiger partial charge in [0.1, 0.15) is 0 Å². The van der Waals surface area contributed by atoms with E-state index in [9.17, 15) is 13.5 Å². The van der Waals surface area contributed by atoms with E-state index in [-0.39, 0.29) is 18.4 Å². The average molecular weight is 753 g/mol. The molecule has 7 nitrogen and oxygen atoms in total. The van der Waals surface area contributed by atoms with Gasteiger partial charge in [-0.05, 0) is 100 Å². The summed E-state index contributed by atoms with van der Waals surface area (Å²) in [5.41, 5.74) is 5.36. The van der Waals surface area contributed by atoms with E-state index in [1.165, 1.54) is 27.7 Å². The lowest BCUT2D eigenvalue weighted by atomic mass is 9.75. The van der Waals surface area contributed by atoms with Gasteiger partial charge >= 0.3 is 10.4 Å². The Labute approximate surface area is 318 Å². The van der Waals surface area contributed by atoms with Gasteiger partial charge in [0, 0.05) is 46.0 Å². The minimum absolute atomic E-state index is 0.206. The van der Waals surface area contributed by atoms with Crippen molar-refractivity contribution >= 4 is 54.9 Å². The van der Waals surface area contributed by atoms with Gasteiger partial charge in [-0.2, -0.15) is 8.42 Å². The normalized spacial score (nSPS) is 22.6. The number of anilines is 2. The first-order valence-corrected chi connectivity index (χ1v) is 20.4. The Hall–Kier alpha value is -3.92. The molecule has 0 aromatic heterocycles. The van der Waals surface area contributed by atoms with Crippen LogP contribution in [0.1, 0.15) is 77.8 Å². The molecule has 1 unspecified atom stereocenters. The molecule has 2 N–H and O–H groups in total. The summed E-state index contributed by atoms with van der Waals surface area (Å²) in [7, 11) is -4.57. The van der Waals surface area contributed by atoms with E-state index in [1.54, 1.807) is 0 Å². The summed E-state index contributed by atoms with van der Waals surface area (Å²) >= 11 is 7.25. The highest BCUT2D eigenvalue weighted by Gasteiger charge is 2.55. The highest BCUT2D eigenvalue weighted by Crippen LogP contribution is 2.54. The molecule has 2 aliphatic heterocycles. The maximum atomic E-state index is 12.8. The van der Waals surface area contributed by atoms with Crippen molar-refractivity contribution in [3.8, 4) is 0 Å². The molecule has 4 aromatic carbocycles. The summed E-state index contributed by atoms with van der Waals surface area (Å²) in [5.74, 6) is 0. The molecule has 0 saturated carbocycles. The van der Waals surface area contributed by atoms with Gasteiger partial charge < -0.3 is 14.9 Å². The number of allylic oxidation sites excluding steroid dienone is 7.